The molecule has 0 aromatic heterocycles. The molecule has 0 aliphatic rings. The molecule has 1 rings (SSSR count). The van der Waals surface area contributed by atoms with Gasteiger partial charge >= 0.3 is 6.18 Å². The second-order valence-corrected chi connectivity index (χ2v) is 4.00. The maximum absolute atomic E-state index is 12.9. The quantitative estimate of drug-likeness (QED) is 0.780. The lowest BCUT2D eigenvalue weighted by atomic mass is 9.92. The van der Waals surface area contributed by atoms with E-state index in [1.54, 1.807) is 13.8 Å². The summed E-state index contributed by atoms with van der Waals surface area (Å²) >= 11 is 0. The van der Waals surface area contributed by atoms with E-state index in [4.69, 9.17) is 5.73 Å². The summed E-state index contributed by atoms with van der Waals surface area (Å²) in [4.78, 5) is 0. The molecule has 1 unspecified atom stereocenters. The summed E-state index contributed by atoms with van der Waals surface area (Å²) < 4.78 is 50.8. The molecular weight excluding hydrogens is 222 g/mol. The first-order valence-electron chi connectivity index (χ1n) is 4.85. The number of rotatable bonds is 2. The number of nitrogens with two attached hydrogens (primary N) is 1. The standard InChI is InChI=1S/C11H13F4N/c1-6(2)10(16)8-5-7(12)3-4-9(8)11(13,14)15/h3-6,10H,16H2,1-2H3. The minimum Gasteiger partial charge on any atom is -0.324 e. The Morgan fingerprint density at radius 3 is 2.19 bits per heavy atom. The Kier molecular flexibility index (Phi) is 3.57. The van der Waals surface area contributed by atoms with Crippen LogP contribution >= 0.6 is 0 Å². The van der Waals surface area contributed by atoms with E-state index in [2.05, 4.69) is 0 Å². The highest BCUT2D eigenvalue weighted by molar-refractivity contribution is 5.33. The third-order valence-corrected chi connectivity index (χ3v) is 2.40. The van der Waals surface area contributed by atoms with Gasteiger partial charge in [-0.25, -0.2) is 4.39 Å². The van der Waals surface area contributed by atoms with Gasteiger partial charge in [-0.3, -0.25) is 0 Å². The monoisotopic (exact) mass is 235 g/mol. The second kappa shape index (κ2) is 4.41. The van der Waals surface area contributed by atoms with E-state index in [0.717, 1.165) is 18.2 Å². The summed E-state index contributed by atoms with van der Waals surface area (Å²) in [6.07, 6.45) is -4.50. The third-order valence-electron chi connectivity index (χ3n) is 2.40. The third kappa shape index (κ3) is 2.72. The van der Waals surface area contributed by atoms with Crippen LogP contribution in [0.3, 0.4) is 0 Å². The highest BCUT2D eigenvalue weighted by atomic mass is 19.4. The normalized spacial score (nSPS) is 14.2. The van der Waals surface area contributed by atoms with Crippen molar-refractivity contribution in [3.05, 3.63) is 35.1 Å². The molecule has 0 aliphatic carbocycles. The molecule has 0 spiro atoms. The maximum atomic E-state index is 12.9. The van der Waals surface area contributed by atoms with Crippen molar-refractivity contribution in [1.29, 1.82) is 0 Å². The zero-order valence-corrected chi connectivity index (χ0v) is 8.98. The molecule has 0 bridgehead atoms. The molecule has 0 amide bonds. The van der Waals surface area contributed by atoms with Crippen LogP contribution in [0.2, 0.25) is 0 Å². The van der Waals surface area contributed by atoms with Gasteiger partial charge in [0.15, 0.2) is 0 Å². The van der Waals surface area contributed by atoms with Crippen molar-refractivity contribution in [2.24, 2.45) is 11.7 Å². The van der Waals surface area contributed by atoms with Crippen LogP contribution in [0.5, 0.6) is 0 Å². The maximum Gasteiger partial charge on any atom is 0.416 e. The van der Waals surface area contributed by atoms with Gasteiger partial charge in [0, 0.05) is 6.04 Å². The molecule has 0 saturated carbocycles. The van der Waals surface area contributed by atoms with Crippen molar-refractivity contribution in [2.45, 2.75) is 26.1 Å². The van der Waals surface area contributed by atoms with Gasteiger partial charge in [-0.1, -0.05) is 13.8 Å². The van der Waals surface area contributed by atoms with Crippen molar-refractivity contribution < 1.29 is 17.6 Å². The lowest BCUT2D eigenvalue weighted by Crippen LogP contribution is -2.21. The highest BCUT2D eigenvalue weighted by Crippen LogP contribution is 2.36. The van der Waals surface area contributed by atoms with Crippen LogP contribution < -0.4 is 5.73 Å². The fourth-order valence-corrected chi connectivity index (χ4v) is 1.43. The fourth-order valence-electron chi connectivity index (χ4n) is 1.43. The topological polar surface area (TPSA) is 26.0 Å². The number of alkyl halides is 3. The zero-order valence-electron chi connectivity index (χ0n) is 8.98. The number of hydrogen-bond donors (Lipinski definition) is 1. The molecular formula is C11H13F4N. The van der Waals surface area contributed by atoms with E-state index in [0.29, 0.717) is 0 Å². The van der Waals surface area contributed by atoms with E-state index in [1.165, 1.54) is 0 Å². The van der Waals surface area contributed by atoms with Gasteiger partial charge in [0.25, 0.3) is 0 Å². The van der Waals surface area contributed by atoms with Gasteiger partial charge in [-0.05, 0) is 29.7 Å². The van der Waals surface area contributed by atoms with E-state index in [9.17, 15) is 17.6 Å². The number of halogens is 4. The molecule has 1 nitrogen and oxygen atoms in total. The summed E-state index contributed by atoms with van der Waals surface area (Å²) in [6.45, 7) is 3.38. The Labute approximate surface area is 91.3 Å². The fraction of sp³-hybridized carbons (Fsp3) is 0.455. The SMILES string of the molecule is CC(C)C(N)c1cc(F)ccc1C(F)(F)F. The van der Waals surface area contributed by atoms with Crippen molar-refractivity contribution >= 4 is 0 Å². The molecule has 0 fully saturated rings. The molecule has 90 valence electrons. The van der Waals surface area contributed by atoms with Crippen LogP contribution in [0, 0.1) is 11.7 Å². The van der Waals surface area contributed by atoms with Crippen LogP contribution in [0.4, 0.5) is 17.6 Å². The van der Waals surface area contributed by atoms with Crippen molar-refractivity contribution in [2.75, 3.05) is 0 Å². The van der Waals surface area contributed by atoms with Crippen molar-refractivity contribution in [1.82, 2.24) is 0 Å². The van der Waals surface area contributed by atoms with Crippen LogP contribution in [-0.2, 0) is 6.18 Å². The highest BCUT2D eigenvalue weighted by Gasteiger charge is 2.35. The molecule has 0 aliphatic heterocycles. The summed E-state index contributed by atoms with van der Waals surface area (Å²) in [5, 5.41) is 0. The van der Waals surface area contributed by atoms with Gasteiger partial charge in [0.05, 0.1) is 5.56 Å². The molecule has 0 radical (unpaired) electrons. The first-order valence-corrected chi connectivity index (χ1v) is 4.85. The molecule has 5 heteroatoms. The molecule has 2 N–H and O–H groups in total. The summed E-state index contributed by atoms with van der Waals surface area (Å²) in [5.41, 5.74) is 4.58. The predicted molar refractivity (Wildman–Crippen MR) is 53.2 cm³/mol. The van der Waals surface area contributed by atoms with Crippen LogP contribution in [0.15, 0.2) is 18.2 Å². The van der Waals surface area contributed by atoms with Gasteiger partial charge in [0.2, 0.25) is 0 Å². The van der Waals surface area contributed by atoms with E-state index < -0.39 is 23.6 Å². The summed E-state index contributed by atoms with van der Waals surface area (Å²) in [5.74, 6) is -0.901. The van der Waals surface area contributed by atoms with Crippen LogP contribution in [-0.4, -0.2) is 0 Å². The first-order chi connectivity index (χ1) is 7.23. The van der Waals surface area contributed by atoms with Gasteiger partial charge in [0.1, 0.15) is 5.82 Å². The molecule has 0 saturated heterocycles. The van der Waals surface area contributed by atoms with E-state index >= 15 is 0 Å². The van der Waals surface area contributed by atoms with Gasteiger partial charge in [-0.2, -0.15) is 13.2 Å². The van der Waals surface area contributed by atoms with Crippen molar-refractivity contribution in [3.63, 3.8) is 0 Å². The Morgan fingerprint density at radius 1 is 1.19 bits per heavy atom. The zero-order chi connectivity index (χ0) is 12.5. The number of hydrogen-bond acceptors (Lipinski definition) is 1. The molecule has 16 heavy (non-hydrogen) atoms. The van der Waals surface area contributed by atoms with Crippen LogP contribution in [0.25, 0.3) is 0 Å². The predicted octanol–water partition coefficient (Wildman–Crippen LogP) is 3.50. The summed E-state index contributed by atoms with van der Waals surface area (Å²) in [7, 11) is 0. The largest absolute Gasteiger partial charge is 0.416 e. The lowest BCUT2D eigenvalue weighted by molar-refractivity contribution is -0.138. The Hall–Kier alpha value is -1.10. The smallest absolute Gasteiger partial charge is 0.324 e. The molecule has 1 atom stereocenters. The van der Waals surface area contributed by atoms with Crippen molar-refractivity contribution in [3.8, 4) is 0 Å². The average molecular weight is 235 g/mol. The Bertz CT molecular complexity index is 371. The summed E-state index contributed by atoms with van der Waals surface area (Å²) in [6, 6.07) is 1.55. The Balaban J connectivity index is 3.29. The van der Waals surface area contributed by atoms with Crippen LogP contribution in [0.1, 0.15) is 31.0 Å². The van der Waals surface area contributed by atoms with E-state index in [-0.39, 0.29) is 11.5 Å². The van der Waals surface area contributed by atoms with Gasteiger partial charge < -0.3 is 5.73 Å². The minimum absolute atomic E-state index is 0.192. The Morgan fingerprint density at radius 2 is 1.75 bits per heavy atom. The molecule has 1 aromatic rings. The first kappa shape index (κ1) is 13.0. The van der Waals surface area contributed by atoms with E-state index in [1.807, 2.05) is 0 Å². The second-order valence-electron chi connectivity index (χ2n) is 4.00. The number of benzene rings is 1. The molecule has 1 aromatic carbocycles. The molecule has 0 heterocycles. The van der Waals surface area contributed by atoms with Gasteiger partial charge in [-0.15, -0.1) is 0 Å². The average Bonchev–Trinajstić information content (AvgIpc) is 2.14. The lowest BCUT2D eigenvalue weighted by Gasteiger charge is -2.21. The minimum atomic E-state index is -4.50.